The Morgan fingerprint density at radius 2 is 1.69 bits per heavy atom. The van der Waals surface area contributed by atoms with Crippen LogP contribution in [-0.4, -0.2) is 47.9 Å². The molecule has 1 saturated heterocycles. The minimum atomic E-state index is -0.421. The second-order valence-corrected chi connectivity index (χ2v) is 8.00. The normalized spacial score (nSPS) is 15.3. The Hall–Kier alpha value is -2.64. The highest BCUT2D eigenvalue weighted by Gasteiger charge is 2.25. The van der Waals surface area contributed by atoms with Gasteiger partial charge in [-0.1, -0.05) is 33.6 Å². The number of urea groups is 1. The van der Waals surface area contributed by atoms with Gasteiger partial charge in [-0.05, 0) is 30.9 Å². The van der Waals surface area contributed by atoms with Crippen LogP contribution in [0.15, 0.2) is 24.3 Å². The largest absolute Gasteiger partial charge is 0.368 e. The molecule has 0 bridgehead atoms. The van der Waals surface area contributed by atoms with Crippen molar-refractivity contribution >= 4 is 23.3 Å². The molecule has 1 aromatic carbocycles. The summed E-state index contributed by atoms with van der Waals surface area (Å²) in [6.45, 7) is 8.55. The quantitative estimate of drug-likeness (QED) is 0.525. The number of nitro groups is 1. The van der Waals surface area contributed by atoms with Crippen molar-refractivity contribution in [1.82, 2.24) is 10.2 Å². The summed E-state index contributed by atoms with van der Waals surface area (Å²) in [4.78, 5) is 39.2. The van der Waals surface area contributed by atoms with Crippen LogP contribution in [0.25, 0.3) is 0 Å². The number of hydrogen-bond acceptors (Lipinski definition) is 5. The molecule has 3 amide bonds. The van der Waals surface area contributed by atoms with Crippen molar-refractivity contribution in [2.24, 2.45) is 11.8 Å². The van der Waals surface area contributed by atoms with Gasteiger partial charge in [-0.3, -0.25) is 20.2 Å². The number of carbonyl (C=O) groups is 2. The van der Waals surface area contributed by atoms with Gasteiger partial charge in [-0.2, -0.15) is 0 Å². The summed E-state index contributed by atoms with van der Waals surface area (Å²) in [5.74, 6) is 0.244. The van der Waals surface area contributed by atoms with Crippen LogP contribution >= 0.6 is 0 Å². The van der Waals surface area contributed by atoms with Gasteiger partial charge < -0.3 is 9.80 Å². The standard InChI is InChI=1S/C21H32N4O4/c1-4-5-17(7-6-16(2)3)20(26)22-21(27)24-14-12-23(13-15-24)18-8-10-19(11-9-18)25(28)29/h8-11,16-17H,4-7,12-15H2,1-3H3,(H,22,26,27)/t17-/m0/s1. The van der Waals surface area contributed by atoms with E-state index < -0.39 is 4.92 Å². The number of nitrogens with one attached hydrogen (secondary N) is 1. The van der Waals surface area contributed by atoms with Crippen molar-refractivity contribution in [3.8, 4) is 0 Å². The maximum atomic E-state index is 12.5. The van der Waals surface area contributed by atoms with Crippen molar-refractivity contribution in [2.45, 2.75) is 46.5 Å². The van der Waals surface area contributed by atoms with Crippen LogP contribution in [0.5, 0.6) is 0 Å². The van der Waals surface area contributed by atoms with Crippen molar-refractivity contribution in [3.63, 3.8) is 0 Å². The maximum Gasteiger partial charge on any atom is 0.324 e. The number of amides is 3. The molecule has 1 atom stereocenters. The zero-order chi connectivity index (χ0) is 21.4. The third-order valence-electron chi connectivity index (χ3n) is 5.32. The van der Waals surface area contributed by atoms with Crippen LogP contribution < -0.4 is 10.2 Å². The zero-order valence-corrected chi connectivity index (χ0v) is 17.6. The second-order valence-electron chi connectivity index (χ2n) is 8.00. The molecule has 2 rings (SSSR count). The highest BCUT2D eigenvalue weighted by Crippen LogP contribution is 2.21. The fourth-order valence-electron chi connectivity index (χ4n) is 3.53. The Labute approximate surface area is 172 Å². The lowest BCUT2D eigenvalue weighted by atomic mass is 9.93. The number of hydrogen-bond donors (Lipinski definition) is 1. The molecule has 0 spiro atoms. The first kappa shape index (κ1) is 22.6. The van der Waals surface area contributed by atoms with Gasteiger partial charge in [0.1, 0.15) is 0 Å². The summed E-state index contributed by atoms with van der Waals surface area (Å²) in [5.41, 5.74) is 0.952. The number of carbonyl (C=O) groups excluding carboxylic acids is 2. The van der Waals surface area contributed by atoms with Crippen LogP contribution in [0.3, 0.4) is 0 Å². The van der Waals surface area contributed by atoms with Gasteiger partial charge in [0.25, 0.3) is 5.69 Å². The molecule has 0 aliphatic carbocycles. The summed E-state index contributed by atoms with van der Waals surface area (Å²) < 4.78 is 0. The Morgan fingerprint density at radius 3 is 2.21 bits per heavy atom. The van der Waals surface area contributed by atoms with E-state index in [1.54, 1.807) is 17.0 Å². The van der Waals surface area contributed by atoms with Crippen LogP contribution in [0.4, 0.5) is 16.2 Å². The summed E-state index contributed by atoms with van der Waals surface area (Å²) in [7, 11) is 0. The molecule has 8 heteroatoms. The number of anilines is 1. The van der Waals surface area contributed by atoms with Gasteiger partial charge in [0.15, 0.2) is 0 Å². The van der Waals surface area contributed by atoms with Gasteiger partial charge >= 0.3 is 6.03 Å². The van der Waals surface area contributed by atoms with E-state index in [0.29, 0.717) is 32.1 Å². The van der Waals surface area contributed by atoms with Crippen LogP contribution in [-0.2, 0) is 4.79 Å². The maximum absolute atomic E-state index is 12.5. The SMILES string of the molecule is CCC[C@@H](CCC(C)C)C(=O)NC(=O)N1CCN(c2ccc([N+](=O)[O-])cc2)CC1. The highest BCUT2D eigenvalue weighted by atomic mass is 16.6. The van der Waals surface area contributed by atoms with E-state index in [1.807, 2.05) is 0 Å². The molecule has 0 saturated carbocycles. The summed E-state index contributed by atoms with van der Waals surface area (Å²) >= 11 is 0. The number of nitrogens with zero attached hydrogens (tertiary/aromatic N) is 3. The third-order valence-corrected chi connectivity index (χ3v) is 5.32. The average Bonchev–Trinajstić information content (AvgIpc) is 2.71. The molecule has 0 radical (unpaired) electrons. The molecule has 1 aliphatic heterocycles. The van der Waals surface area contributed by atoms with Gasteiger partial charge in [0.05, 0.1) is 4.92 Å². The van der Waals surface area contributed by atoms with E-state index in [0.717, 1.165) is 31.4 Å². The van der Waals surface area contributed by atoms with Crippen LogP contribution in [0, 0.1) is 22.0 Å². The van der Waals surface area contributed by atoms with Crippen molar-refractivity contribution in [3.05, 3.63) is 34.4 Å². The van der Waals surface area contributed by atoms with E-state index >= 15 is 0 Å². The Morgan fingerprint density at radius 1 is 1.07 bits per heavy atom. The van der Waals surface area contributed by atoms with Crippen LogP contribution in [0.2, 0.25) is 0 Å². The fourth-order valence-corrected chi connectivity index (χ4v) is 3.53. The van der Waals surface area contributed by atoms with Crippen LogP contribution in [0.1, 0.15) is 46.5 Å². The number of nitro benzene ring substituents is 1. The first-order chi connectivity index (χ1) is 13.8. The van der Waals surface area contributed by atoms with E-state index in [9.17, 15) is 19.7 Å². The lowest BCUT2D eigenvalue weighted by Crippen LogP contribution is -2.53. The predicted octanol–water partition coefficient (Wildman–Crippen LogP) is 3.81. The molecule has 0 aromatic heterocycles. The third kappa shape index (κ3) is 6.73. The topological polar surface area (TPSA) is 95.8 Å². The monoisotopic (exact) mass is 404 g/mol. The van der Waals surface area contributed by atoms with Crippen molar-refractivity contribution in [1.29, 1.82) is 0 Å². The van der Waals surface area contributed by atoms with Gasteiger partial charge in [0, 0.05) is 49.9 Å². The van der Waals surface area contributed by atoms with E-state index in [2.05, 4.69) is 31.0 Å². The van der Waals surface area contributed by atoms with E-state index in [-0.39, 0.29) is 23.5 Å². The minimum Gasteiger partial charge on any atom is -0.368 e. The molecule has 29 heavy (non-hydrogen) atoms. The predicted molar refractivity (Wildman–Crippen MR) is 113 cm³/mol. The zero-order valence-electron chi connectivity index (χ0n) is 17.6. The number of piperazine rings is 1. The highest BCUT2D eigenvalue weighted by molar-refractivity contribution is 5.95. The van der Waals surface area contributed by atoms with E-state index in [4.69, 9.17) is 0 Å². The average molecular weight is 405 g/mol. The summed E-state index contributed by atoms with van der Waals surface area (Å²) in [6, 6.07) is 6.09. The van der Waals surface area contributed by atoms with Gasteiger partial charge in [-0.25, -0.2) is 4.79 Å². The van der Waals surface area contributed by atoms with E-state index in [1.165, 1.54) is 12.1 Å². The first-order valence-electron chi connectivity index (χ1n) is 10.4. The molecule has 1 heterocycles. The number of imide groups is 1. The number of benzene rings is 1. The molecule has 8 nitrogen and oxygen atoms in total. The molecule has 0 unspecified atom stereocenters. The lowest BCUT2D eigenvalue weighted by Gasteiger charge is -2.36. The van der Waals surface area contributed by atoms with Crippen molar-refractivity contribution < 1.29 is 14.5 Å². The number of rotatable bonds is 8. The first-order valence-corrected chi connectivity index (χ1v) is 10.4. The molecular weight excluding hydrogens is 372 g/mol. The minimum absolute atomic E-state index is 0.0596. The van der Waals surface area contributed by atoms with Gasteiger partial charge in [0.2, 0.25) is 5.91 Å². The number of non-ortho nitro benzene ring substituents is 1. The lowest BCUT2D eigenvalue weighted by molar-refractivity contribution is -0.384. The molecule has 1 aromatic rings. The fraction of sp³-hybridized carbons (Fsp3) is 0.619. The molecule has 160 valence electrons. The molecule has 1 fully saturated rings. The van der Waals surface area contributed by atoms with Gasteiger partial charge in [-0.15, -0.1) is 0 Å². The summed E-state index contributed by atoms with van der Waals surface area (Å²) in [6.07, 6.45) is 3.48. The van der Waals surface area contributed by atoms with Crippen molar-refractivity contribution in [2.75, 3.05) is 31.1 Å². The molecule has 1 N–H and O–H groups in total. The molecular formula is C21H32N4O4. The summed E-state index contributed by atoms with van der Waals surface area (Å²) in [5, 5.41) is 13.4. The Balaban J connectivity index is 1.85. The smallest absolute Gasteiger partial charge is 0.324 e. The second kappa shape index (κ2) is 10.8. The Bertz CT molecular complexity index is 697. The Kier molecular flexibility index (Phi) is 8.42. The molecule has 1 aliphatic rings.